The summed E-state index contributed by atoms with van der Waals surface area (Å²) < 4.78 is 4.89. The molecule has 31 heavy (non-hydrogen) atoms. The second-order valence-corrected chi connectivity index (χ2v) is 7.84. The molecule has 2 N–H and O–H groups in total. The molecule has 164 valence electrons. The van der Waals surface area contributed by atoms with E-state index in [1.165, 1.54) is 11.3 Å². The minimum atomic E-state index is -0.476. The number of nitrogens with zero attached hydrogens (tertiary/aromatic N) is 5. The van der Waals surface area contributed by atoms with E-state index < -0.39 is 4.92 Å². The molecule has 4 rings (SSSR count). The number of fused-ring (bicyclic) bond motifs is 1. The van der Waals surface area contributed by atoms with Crippen molar-refractivity contribution in [1.82, 2.24) is 10.3 Å². The van der Waals surface area contributed by atoms with Crippen LogP contribution in [0.2, 0.25) is 0 Å². The van der Waals surface area contributed by atoms with E-state index in [2.05, 4.69) is 63.5 Å². The third-order valence-corrected chi connectivity index (χ3v) is 5.63. The number of aliphatic hydroxyl groups is 1. The van der Waals surface area contributed by atoms with Gasteiger partial charge < -0.3 is 20.2 Å². The van der Waals surface area contributed by atoms with E-state index in [-0.39, 0.29) is 23.9 Å². The molecule has 0 saturated carbocycles. The Bertz CT molecular complexity index is 1080. The molecular formula is C21H26N6O4. The second kappa shape index (κ2) is 8.76. The fourth-order valence-corrected chi connectivity index (χ4v) is 4.14. The molecule has 1 atom stereocenters. The monoisotopic (exact) mass is 426 g/mol. The van der Waals surface area contributed by atoms with Gasteiger partial charge in [0.15, 0.2) is 5.52 Å². The first-order valence-corrected chi connectivity index (χ1v) is 10.4. The molecule has 10 heteroatoms. The number of nitrogens with one attached hydrogen (secondary N) is 1. The predicted octanol–water partition coefficient (Wildman–Crippen LogP) is 2.95. The molecule has 1 aliphatic rings. The zero-order chi connectivity index (χ0) is 22.0. The fourth-order valence-electron chi connectivity index (χ4n) is 4.14. The fraction of sp³-hybridized carbons (Fsp3) is 0.429. The first-order chi connectivity index (χ1) is 15.0. The molecule has 3 aromatic rings. The Morgan fingerprint density at radius 2 is 2.10 bits per heavy atom. The summed E-state index contributed by atoms with van der Waals surface area (Å²) in [5, 5.41) is 31.6. The van der Waals surface area contributed by atoms with Gasteiger partial charge in [-0.15, -0.1) is 0 Å². The van der Waals surface area contributed by atoms with Gasteiger partial charge in [0, 0.05) is 44.5 Å². The molecule has 1 fully saturated rings. The summed E-state index contributed by atoms with van der Waals surface area (Å²) in [6.45, 7) is 6.92. The van der Waals surface area contributed by atoms with Crippen molar-refractivity contribution >= 4 is 33.8 Å². The van der Waals surface area contributed by atoms with Gasteiger partial charge >= 0.3 is 5.69 Å². The van der Waals surface area contributed by atoms with Gasteiger partial charge in [-0.2, -0.15) is 0 Å². The van der Waals surface area contributed by atoms with Gasteiger partial charge in [0.1, 0.15) is 5.69 Å². The van der Waals surface area contributed by atoms with E-state index >= 15 is 0 Å². The maximum absolute atomic E-state index is 11.7. The highest BCUT2D eigenvalue weighted by atomic mass is 16.6. The van der Waals surface area contributed by atoms with Crippen molar-refractivity contribution in [3.63, 3.8) is 0 Å². The van der Waals surface area contributed by atoms with Crippen molar-refractivity contribution in [3.05, 3.63) is 46.0 Å². The summed E-state index contributed by atoms with van der Waals surface area (Å²) in [4.78, 5) is 15.8. The van der Waals surface area contributed by atoms with E-state index in [1.807, 2.05) is 0 Å². The van der Waals surface area contributed by atoms with Crippen molar-refractivity contribution in [3.8, 4) is 0 Å². The summed E-state index contributed by atoms with van der Waals surface area (Å²) >= 11 is 0. The van der Waals surface area contributed by atoms with Crippen molar-refractivity contribution in [1.29, 1.82) is 0 Å². The van der Waals surface area contributed by atoms with E-state index in [4.69, 9.17) is 9.74 Å². The van der Waals surface area contributed by atoms with E-state index in [9.17, 15) is 10.1 Å². The van der Waals surface area contributed by atoms with E-state index in [0.29, 0.717) is 24.2 Å². The summed E-state index contributed by atoms with van der Waals surface area (Å²) in [6.07, 6.45) is 0.480. The number of piperazine rings is 1. The third kappa shape index (κ3) is 4.11. The molecule has 0 bridgehead atoms. The zero-order valence-corrected chi connectivity index (χ0v) is 17.6. The molecule has 0 radical (unpaired) electrons. The molecule has 0 spiro atoms. The van der Waals surface area contributed by atoms with Gasteiger partial charge in [-0.05, 0) is 54.3 Å². The van der Waals surface area contributed by atoms with Crippen LogP contribution in [-0.2, 0) is 0 Å². The van der Waals surface area contributed by atoms with Crippen molar-refractivity contribution in [2.24, 2.45) is 0 Å². The molecule has 1 aliphatic heterocycles. The molecule has 0 aliphatic carbocycles. The number of hydrogen-bond donors (Lipinski definition) is 2. The number of hydrogen-bond acceptors (Lipinski definition) is 9. The minimum absolute atomic E-state index is 0.000149. The number of benzene rings is 2. The lowest BCUT2D eigenvalue weighted by atomic mass is 10.1. The largest absolute Gasteiger partial charge is 0.396 e. The average Bonchev–Trinajstić information content (AvgIpc) is 3.22. The topological polar surface area (TPSA) is 121 Å². The predicted molar refractivity (Wildman–Crippen MR) is 119 cm³/mol. The number of anilines is 3. The Kier molecular flexibility index (Phi) is 5.90. The Labute approximate surface area is 179 Å². The second-order valence-electron chi connectivity index (χ2n) is 7.84. The number of nitro groups is 1. The number of aryl methyl sites for hydroxylation is 1. The van der Waals surface area contributed by atoms with Crippen LogP contribution in [-0.4, -0.2) is 59.2 Å². The van der Waals surface area contributed by atoms with Gasteiger partial charge in [0.05, 0.1) is 10.6 Å². The summed E-state index contributed by atoms with van der Waals surface area (Å²) in [5.74, 6) is 0. The van der Waals surface area contributed by atoms with Crippen LogP contribution in [0.5, 0.6) is 0 Å². The highest BCUT2D eigenvalue weighted by molar-refractivity contribution is 5.99. The lowest BCUT2D eigenvalue weighted by molar-refractivity contribution is -0.382. The number of rotatable bonds is 7. The van der Waals surface area contributed by atoms with Crippen LogP contribution >= 0.6 is 0 Å². The van der Waals surface area contributed by atoms with Crippen molar-refractivity contribution in [2.45, 2.75) is 26.3 Å². The Morgan fingerprint density at radius 3 is 2.81 bits per heavy atom. The van der Waals surface area contributed by atoms with Crippen LogP contribution in [0.25, 0.3) is 11.0 Å². The van der Waals surface area contributed by atoms with Crippen LogP contribution in [0.15, 0.2) is 35.0 Å². The normalized spacial score (nSPS) is 16.7. The van der Waals surface area contributed by atoms with Crippen LogP contribution in [0, 0.1) is 17.0 Å². The van der Waals surface area contributed by atoms with E-state index in [0.717, 1.165) is 25.3 Å². The molecule has 2 aromatic carbocycles. The SMILES string of the molecule is Cc1cccc(N2CCN(c3cc(NCCCO)c([N+](=O)[O-])c4nonc34)CC2C)c1. The number of aromatic nitrogens is 2. The molecule has 0 amide bonds. The van der Waals surface area contributed by atoms with Crippen LogP contribution in [0.4, 0.5) is 22.7 Å². The minimum Gasteiger partial charge on any atom is -0.396 e. The quantitative estimate of drug-likeness (QED) is 0.334. The lowest BCUT2D eigenvalue weighted by Crippen LogP contribution is -2.52. The summed E-state index contributed by atoms with van der Waals surface area (Å²) in [7, 11) is 0. The lowest BCUT2D eigenvalue weighted by Gasteiger charge is -2.42. The number of aliphatic hydroxyl groups excluding tert-OH is 1. The molecular weight excluding hydrogens is 400 g/mol. The van der Waals surface area contributed by atoms with Gasteiger partial charge in [-0.25, -0.2) is 4.63 Å². The highest BCUT2D eigenvalue weighted by Gasteiger charge is 2.31. The van der Waals surface area contributed by atoms with Crippen LogP contribution < -0.4 is 15.1 Å². The van der Waals surface area contributed by atoms with Crippen LogP contribution in [0.1, 0.15) is 18.9 Å². The smallest absolute Gasteiger partial charge is 0.323 e. The highest BCUT2D eigenvalue weighted by Crippen LogP contribution is 2.39. The zero-order valence-electron chi connectivity index (χ0n) is 17.6. The van der Waals surface area contributed by atoms with Crippen molar-refractivity contribution in [2.75, 3.05) is 47.9 Å². The van der Waals surface area contributed by atoms with E-state index in [1.54, 1.807) is 6.07 Å². The van der Waals surface area contributed by atoms with Gasteiger partial charge in [0.25, 0.3) is 0 Å². The van der Waals surface area contributed by atoms with Gasteiger partial charge in [-0.1, -0.05) is 12.1 Å². The van der Waals surface area contributed by atoms with Gasteiger partial charge in [-0.3, -0.25) is 10.1 Å². The molecule has 1 unspecified atom stereocenters. The Balaban J connectivity index is 1.66. The Hall–Kier alpha value is -3.40. The number of nitro benzene ring substituents is 1. The third-order valence-electron chi connectivity index (χ3n) is 5.63. The molecule has 2 heterocycles. The Morgan fingerprint density at radius 1 is 1.29 bits per heavy atom. The first-order valence-electron chi connectivity index (χ1n) is 10.4. The maximum atomic E-state index is 11.7. The average molecular weight is 426 g/mol. The molecule has 1 aromatic heterocycles. The van der Waals surface area contributed by atoms with Gasteiger partial charge in [0.2, 0.25) is 5.52 Å². The molecule has 1 saturated heterocycles. The van der Waals surface area contributed by atoms with Crippen LogP contribution in [0.3, 0.4) is 0 Å². The molecule has 10 nitrogen and oxygen atoms in total. The summed E-state index contributed by atoms with van der Waals surface area (Å²) in [6, 6.07) is 10.4. The summed E-state index contributed by atoms with van der Waals surface area (Å²) in [5.41, 5.74) is 3.87. The standard InChI is InChI=1S/C21H26N6O4/c1-14-5-3-6-16(11-14)26-9-8-25(13-15(26)2)18-12-17(22-7-4-10-28)21(27(29)30)20-19(18)23-31-24-20/h3,5-6,11-12,15,22,28H,4,7-10,13H2,1-2H3. The van der Waals surface area contributed by atoms with Crippen molar-refractivity contribution < 1.29 is 14.7 Å². The maximum Gasteiger partial charge on any atom is 0.323 e. The first kappa shape index (κ1) is 20.9.